The molecule has 2 aliphatic heterocycles. The van der Waals surface area contributed by atoms with Gasteiger partial charge in [-0.15, -0.1) is 0 Å². The lowest BCUT2D eigenvalue weighted by molar-refractivity contribution is -0.129. The van der Waals surface area contributed by atoms with Gasteiger partial charge < -0.3 is 18.9 Å². The number of carbonyl (C=O) groups excluding carboxylic acids is 1. The second-order valence-corrected chi connectivity index (χ2v) is 9.72. The summed E-state index contributed by atoms with van der Waals surface area (Å²) in [7, 11) is 0.970. The average molecular weight is 487 g/mol. The molecule has 1 saturated heterocycles. The third-order valence-electron chi connectivity index (χ3n) is 5.67. The van der Waals surface area contributed by atoms with E-state index >= 15 is 0 Å². The second-order valence-electron chi connectivity index (χ2n) is 7.78. The largest absolute Gasteiger partial charge is 0.493 e. The normalized spacial score (nSPS) is 17.9. The van der Waals surface area contributed by atoms with Gasteiger partial charge in [-0.25, -0.2) is 18.2 Å². The number of sulfonamides is 1. The Morgan fingerprint density at radius 1 is 0.941 bits per heavy atom. The van der Waals surface area contributed by atoms with E-state index in [9.17, 15) is 13.2 Å². The van der Waals surface area contributed by atoms with Gasteiger partial charge in [0, 0.05) is 18.7 Å². The average Bonchev–Trinajstić information content (AvgIpc) is 3.23. The highest BCUT2D eigenvalue weighted by atomic mass is 32.2. The molecule has 0 saturated carbocycles. The van der Waals surface area contributed by atoms with Crippen LogP contribution in [0.25, 0.3) is 6.08 Å². The van der Waals surface area contributed by atoms with Crippen molar-refractivity contribution in [1.29, 1.82) is 0 Å². The third kappa shape index (κ3) is 4.64. The molecule has 1 fully saturated rings. The highest BCUT2D eigenvalue weighted by Crippen LogP contribution is 2.39. The first-order valence-electron chi connectivity index (χ1n) is 10.8. The Bertz CT molecular complexity index is 1220. The number of rotatable bonds is 7. The fourth-order valence-electron chi connectivity index (χ4n) is 3.90. The molecular formula is C24H26N2O7S. The zero-order chi connectivity index (χ0) is 24.3. The van der Waals surface area contributed by atoms with Crippen LogP contribution in [0, 0.1) is 0 Å². The van der Waals surface area contributed by atoms with Crippen molar-refractivity contribution in [1.82, 2.24) is 4.31 Å². The number of esters is 1. The minimum Gasteiger partial charge on any atom is -0.493 e. The van der Waals surface area contributed by atoms with E-state index in [4.69, 9.17) is 18.9 Å². The number of piperidine rings is 1. The van der Waals surface area contributed by atoms with Crippen LogP contribution >= 0.6 is 0 Å². The Hall–Kier alpha value is -3.37. The van der Waals surface area contributed by atoms with Crippen molar-refractivity contribution in [2.75, 3.05) is 34.4 Å². The molecule has 2 aromatic rings. The summed E-state index contributed by atoms with van der Waals surface area (Å²) < 4.78 is 48.5. The first-order chi connectivity index (χ1) is 16.4. The summed E-state index contributed by atoms with van der Waals surface area (Å²) in [6.07, 6.45) is 4.33. The van der Waals surface area contributed by atoms with Gasteiger partial charge in [0.1, 0.15) is 0 Å². The zero-order valence-corrected chi connectivity index (χ0v) is 20.1. The standard InChI is InChI=1S/C24H26N2O7S/c1-30-20-14-16(15-21(31-2)22(20)32-3)13-19-24(27)33-23(25-19)17-7-9-18(10-8-17)34(28,29)26-11-5-4-6-12-26/h7-10,13-15H,4-6,11-12H2,1-3H3/b19-13+. The van der Waals surface area contributed by atoms with Gasteiger partial charge in [0.15, 0.2) is 17.2 Å². The van der Waals surface area contributed by atoms with E-state index in [0.717, 1.165) is 19.3 Å². The van der Waals surface area contributed by atoms with E-state index in [1.165, 1.54) is 37.8 Å². The molecule has 2 aromatic carbocycles. The molecule has 0 atom stereocenters. The lowest BCUT2D eigenvalue weighted by Crippen LogP contribution is -2.35. The van der Waals surface area contributed by atoms with Crippen molar-refractivity contribution in [2.45, 2.75) is 24.2 Å². The Balaban J connectivity index is 1.60. The smallest absolute Gasteiger partial charge is 0.363 e. The summed E-state index contributed by atoms with van der Waals surface area (Å²) in [6, 6.07) is 9.58. The Morgan fingerprint density at radius 2 is 1.56 bits per heavy atom. The number of cyclic esters (lactones) is 1. The first kappa shape index (κ1) is 23.8. The summed E-state index contributed by atoms with van der Waals surface area (Å²) in [4.78, 5) is 16.9. The van der Waals surface area contributed by atoms with Crippen molar-refractivity contribution in [3.63, 3.8) is 0 Å². The van der Waals surface area contributed by atoms with Gasteiger partial charge in [-0.05, 0) is 60.9 Å². The maximum Gasteiger partial charge on any atom is 0.363 e. The number of hydrogen-bond donors (Lipinski definition) is 0. The molecule has 0 radical (unpaired) electrons. The fourth-order valence-corrected chi connectivity index (χ4v) is 5.42. The van der Waals surface area contributed by atoms with Gasteiger partial charge >= 0.3 is 5.97 Å². The fraction of sp³-hybridized carbons (Fsp3) is 0.333. The molecule has 2 heterocycles. The summed E-state index contributed by atoms with van der Waals surface area (Å²) in [5.41, 5.74) is 1.20. The predicted octanol–water partition coefficient (Wildman–Crippen LogP) is 3.23. The Morgan fingerprint density at radius 3 is 2.12 bits per heavy atom. The third-order valence-corrected chi connectivity index (χ3v) is 7.58. The van der Waals surface area contributed by atoms with Crippen LogP contribution < -0.4 is 14.2 Å². The van der Waals surface area contributed by atoms with E-state index < -0.39 is 16.0 Å². The second kappa shape index (κ2) is 9.86. The van der Waals surface area contributed by atoms with E-state index in [1.54, 1.807) is 30.3 Å². The molecule has 9 nitrogen and oxygen atoms in total. The SMILES string of the molecule is COc1cc(/C=C2/N=C(c3ccc(S(=O)(=O)N4CCCCC4)cc3)OC2=O)cc(OC)c1OC. The Kier molecular flexibility index (Phi) is 6.90. The molecule has 0 N–H and O–H groups in total. The topological polar surface area (TPSA) is 104 Å². The van der Waals surface area contributed by atoms with E-state index in [0.29, 0.717) is 41.5 Å². The molecule has 2 aliphatic rings. The van der Waals surface area contributed by atoms with Crippen molar-refractivity contribution >= 4 is 28.0 Å². The van der Waals surface area contributed by atoms with Crippen molar-refractivity contribution in [3.8, 4) is 17.2 Å². The number of ether oxygens (including phenoxy) is 4. The maximum atomic E-state index is 12.8. The van der Waals surface area contributed by atoms with E-state index in [2.05, 4.69) is 4.99 Å². The quantitative estimate of drug-likeness (QED) is 0.437. The van der Waals surface area contributed by atoms with Crippen LogP contribution in [0.3, 0.4) is 0 Å². The van der Waals surface area contributed by atoms with Gasteiger partial charge in [-0.2, -0.15) is 4.31 Å². The van der Waals surface area contributed by atoms with Gasteiger partial charge in [0.05, 0.1) is 26.2 Å². The van der Waals surface area contributed by atoms with Crippen LogP contribution in [-0.2, 0) is 19.6 Å². The first-order valence-corrected chi connectivity index (χ1v) is 12.2. The van der Waals surface area contributed by atoms with Crippen molar-refractivity contribution in [2.24, 2.45) is 4.99 Å². The number of hydrogen-bond acceptors (Lipinski definition) is 8. The van der Waals surface area contributed by atoms with Crippen LogP contribution in [0.15, 0.2) is 52.0 Å². The van der Waals surface area contributed by atoms with Crippen LogP contribution in [-0.4, -0.2) is 59.0 Å². The number of nitrogens with zero attached hydrogens (tertiary/aromatic N) is 2. The molecular weight excluding hydrogens is 460 g/mol. The predicted molar refractivity (Wildman–Crippen MR) is 126 cm³/mol. The van der Waals surface area contributed by atoms with Crippen LogP contribution in [0.1, 0.15) is 30.4 Å². The minimum atomic E-state index is -3.54. The van der Waals surface area contributed by atoms with E-state index in [-0.39, 0.29) is 16.5 Å². The van der Waals surface area contributed by atoms with Crippen LogP contribution in [0.4, 0.5) is 0 Å². The lowest BCUT2D eigenvalue weighted by Gasteiger charge is -2.25. The molecule has 10 heteroatoms. The molecule has 0 bridgehead atoms. The van der Waals surface area contributed by atoms with E-state index in [1.807, 2.05) is 0 Å². The highest BCUT2D eigenvalue weighted by Gasteiger charge is 2.28. The number of benzene rings is 2. The number of aliphatic imine (C=N–C) groups is 1. The van der Waals surface area contributed by atoms with Crippen molar-refractivity contribution in [3.05, 3.63) is 53.2 Å². The number of carbonyl (C=O) groups is 1. The van der Waals surface area contributed by atoms with Crippen LogP contribution in [0.2, 0.25) is 0 Å². The highest BCUT2D eigenvalue weighted by molar-refractivity contribution is 7.89. The lowest BCUT2D eigenvalue weighted by atomic mass is 10.1. The summed E-state index contributed by atoms with van der Waals surface area (Å²) >= 11 is 0. The molecule has 0 unspecified atom stereocenters. The molecule has 0 spiro atoms. The molecule has 180 valence electrons. The molecule has 4 rings (SSSR count). The molecule has 0 aliphatic carbocycles. The van der Waals surface area contributed by atoms with Gasteiger partial charge in [-0.1, -0.05) is 6.42 Å². The monoisotopic (exact) mass is 486 g/mol. The molecule has 0 amide bonds. The van der Waals surface area contributed by atoms with Gasteiger partial charge in [0.25, 0.3) is 0 Å². The van der Waals surface area contributed by atoms with Crippen LogP contribution in [0.5, 0.6) is 17.2 Å². The summed E-state index contributed by atoms with van der Waals surface area (Å²) in [5, 5.41) is 0. The molecule has 34 heavy (non-hydrogen) atoms. The van der Waals surface area contributed by atoms with Crippen molar-refractivity contribution < 1.29 is 32.2 Å². The maximum absolute atomic E-state index is 12.8. The number of methoxy groups -OCH3 is 3. The zero-order valence-electron chi connectivity index (χ0n) is 19.2. The minimum absolute atomic E-state index is 0.0919. The molecule has 0 aromatic heterocycles. The summed E-state index contributed by atoms with van der Waals surface area (Å²) in [5.74, 6) is 0.800. The summed E-state index contributed by atoms with van der Waals surface area (Å²) in [6.45, 7) is 1.06. The Labute approximate surface area is 198 Å². The van der Waals surface area contributed by atoms with Gasteiger partial charge in [0.2, 0.25) is 21.7 Å². The van der Waals surface area contributed by atoms with Gasteiger partial charge in [-0.3, -0.25) is 0 Å².